The summed E-state index contributed by atoms with van der Waals surface area (Å²) in [6.07, 6.45) is 5.96. The smallest absolute Gasteiger partial charge is 0.193 e. The maximum Gasteiger partial charge on any atom is 0.193 e. The minimum absolute atomic E-state index is 0.346. The van der Waals surface area contributed by atoms with E-state index in [4.69, 9.17) is 9.47 Å². The highest BCUT2D eigenvalue weighted by atomic mass is 32.1. The van der Waals surface area contributed by atoms with Gasteiger partial charge in [0.15, 0.2) is 10.8 Å². The molecule has 3 aromatic rings. The van der Waals surface area contributed by atoms with Crippen molar-refractivity contribution >= 4 is 22.1 Å². The molecule has 1 aliphatic heterocycles. The lowest BCUT2D eigenvalue weighted by Crippen LogP contribution is -2.12. The molecule has 0 aliphatic carbocycles. The molecule has 0 amide bonds. The van der Waals surface area contributed by atoms with Crippen molar-refractivity contribution in [1.29, 1.82) is 0 Å². The van der Waals surface area contributed by atoms with Crippen LogP contribution in [0.4, 0.5) is 5.82 Å². The predicted molar refractivity (Wildman–Crippen MR) is 96.2 cm³/mol. The van der Waals surface area contributed by atoms with Crippen molar-refractivity contribution in [2.24, 2.45) is 0 Å². The van der Waals surface area contributed by atoms with Gasteiger partial charge in [0, 0.05) is 56.4 Å². The monoisotopic (exact) mass is 359 g/mol. The van der Waals surface area contributed by atoms with Crippen LogP contribution in [-0.4, -0.2) is 46.2 Å². The number of rotatable bonds is 7. The molecule has 4 rings (SSSR count). The number of methoxy groups -OCH3 is 1. The van der Waals surface area contributed by atoms with E-state index in [1.165, 1.54) is 0 Å². The van der Waals surface area contributed by atoms with Crippen molar-refractivity contribution in [2.75, 3.05) is 32.2 Å². The van der Waals surface area contributed by atoms with E-state index in [1.807, 2.05) is 17.6 Å². The molecule has 8 heteroatoms. The summed E-state index contributed by atoms with van der Waals surface area (Å²) in [6.45, 7) is 2.71. The van der Waals surface area contributed by atoms with E-state index in [0.717, 1.165) is 54.8 Å². The lowest BCUT2D eigenvalue weighted by Gasteiger charge is -2.12. The highest BCUT2D eigenvalue weighted by Gasteiger charge is 2.20. The minimum Gasteiger partial charge on any atom is -0.381 e. The first-order valence-electron chi connectivity index (χ1n) is 8.41. The van der Waals surface area contributed by atoms with Crippen molar-refractivity contribution in [3.8, 4) is 0 Å². The zero-order valence-electron chi connectivity index (χ0n) is 14.1. The highest BCUT2D eigenvalue weighted by Crippen LogP contribution is 2.25. The molecule has 25 heavy (non-hydrogen) atoms. The summed E-state index contributed by atoms with van der Waals surface area (Å²) in [5, 5.41) is 5.44. The predicted octanol–water partition coefficient (Wildman–Crippen LogP) is 2.49. The van der Waals surface area contributed by atoms with E-state index in [1.54, 1.807) is 18.4 Å². The normalized spacial score (nSPS) is 17.4. The van der Waals surface area contributed by atoms with Gasteiger partial charge in [-0.1, -0.05) is 0 Å². The number of nitrogens with one attached hydrogen (secondary N) is 1. The summed E-state index contributed by atoms with van der Waals surface area (Å²) in [7, 11) is 1.66. The topological polar surface area (TPSA) is 73.6 Å². The van der Waals surface area contributed by atoms with Crippen LogP contribution in [0.15, 0.2) is 23.8 Å². The number of fused-ring (bicyclic) bond motifs is 1. The Morgan fingerprint density at radius 3 is 3.16 bits per heavy atom. The van der Waals surface area contributed by atoms with E-state index >= 15 is 0 Å². The van der Waals surface area contributed by atoms with Gasteiger partial charge in [-0.25, -0.2) is 15.0 Å². The molecule has 0 aromatic carbocycles. The van der Waals surface area contributed by atoms with Crippen LogP contribution in [0.3, 0.4) is 0 Å². The van der Waals surface area contributed by atoms with Crippen molar-refractivity contribution < 1.29 is 9.47 Å². The lowest BCUT2D eigenvalue weighted by atomic mass is 10.0. The molecule has 1 aliphatic rings. The second-order valence-corrected chi connectivity index (χ2v) is 6.96. The van der Waals surface area contributed by atoms with Crippen LogP contribution in [0.2, 0.25) is 0 Å². The summed E-state index contributed by atoms with van der Waals surface area (Å²) in [5.74, 6) is 1.89. The summed E-state index contributed by atoms with van der Waals surface area (Å²) in [4.78, 5) is 14.8. The van der Waals surface area contributed by atoms with Gasteiger partial charge in [-0.2, -0.15) is 0 Å². The molecule has 3 aromatic heterocycles. The Morgan fingerprint density at radius 2 is 2.36 bits per heavy atom. The van der Waals surface area contributed by atoms with Gasteiger partial charge in [-0.15, -0.1) is 11.3 Å². The van der Waals surface area contributed by atoms with E-state index in [9.17, 15) is 0 Å². The van der Waals surface area contributed by atoms with Crippen LogP contribution in [0.1, 0.15) is 29.6 Å². The van der Waals surface area contributed by atoms with Crippen molar-refractivity contribution in [1.82, 2.24) is 19.4 Å². The van der Waals surface area contributed by atoms with Crippen molar-refractivity contribution in [3.05, 3.63) is 41.1 Å². The van der Waals surface area contributed by atoms with Crippen LogP contribution in [0.5, 0.6) is 0 Å². The Kier molecular flexibility index (Phi) is 4.91. The lowest BCUT2D eigenvalue weighted by molar-refractivity contribution is 0.177. The van der Waals surface area contributed by atoms with Crippen LogP contribution in [0, 0.1) is 0 Å². The largest absolute Gasteiger partial charge is 0.381 e. The molecule has 1 N–H and O–H groups in total. The molecule has 1 unspecified atom stereocenters. The molecular weight excluding hydrogens is 338 g/mol. The zero-order chi connectivity index (χ0) is 17.1. The van der Waals surface area contributed by atoms with E-state index in [0.29, 0.717) is 18.3 Å². The minimum atomic E-state index is 0.346. The Labute approximate surface area is 150 Å². The Hall–Kier alpha value is -2.03. The summed E-state index contributed by atoms with van der Waals surface area (Å²) >= 11 is 1.65. The zero-order valence-corrected chi connectivity index (χ0v) is 15.0. The highest BCUT2D eigenvalue weighted by molar-refractivity contribution is 7.15. The number of hydrogen-bond donors (Lipinski definition) is 1. The molecule has 1 saturated heterocycles. The van der Waals surface area contributed by atoms with Gasteiger partial charge in [0.25, 0.3) is 0 Å². The molecule has 0 bridgehead atoms. The number of hydrogen-bond acceptors (Lipinski definition) is 7. The van der Waals surface area contributed by atoms with Gasteiger partial charge in [0.05, 0.1) is 18.0 Å². The first kappa shape index (κ1) is 16.4. The van der Waals surface area contributed by atoms with E-state index < -0.39 is 0 Å². The molecule has 0 saturated carbocycles. The third kappa shape index (κ3) is 3.81. The second kappa shape index (κ2) is 7.47. The summed E-state index contributed by atoms with van der Waals surface area (Å²) in [6, 6.07) is 2.03. The SMILES string of the molecule is COCc1nc(NCCc2cn3ccsc3n2)cc(C2CCOC2)n1. The number of ether oxygens (including phenoxy) is 2. The fourth-order valence-electron chi connectivity index (χ4n) is 2.99. The molecular formula is C17H21N5O2S. The van der Waals surface area contributed by atoms with Gasteiger partial charge in [-0.05, 0) is 6.42 Å². The summed E-state index contributed by atoms with van der Waals surface area (Å²) in [5.41, 5.74) is 2.11. The van der Waals surface area contributed by atoms with Crippen molar-refractivity contribution in [3.63, 3.8) is 0 Å². The van der Waals surface area contributed by atoms with Gasteiger partial charge < -0.3 is 14.8 Å². The summed E-state index contributed by atoms with van der Waals surface area (Å²) < 4.78 is 12.7. The number of thiazole rings is 1. The van der Waals surface area contributed by atoms with Gasteiger partial charge in [0.1, 0.15) is 12.4 Å². The second-order valence-electron chi connectivity index (χ2n) is 6.09. The molecule has 4 heterocycles. The Bertz CT molecular complexity index is 812. The molecule has 1 fully saturated rings. The number of aromatic nitrogens is 4. The van der Waals surface area contributed by atoms with E-state index in [-0.39, 0.29) is 0 Å². The maximum absolute atomic E-state index is 5.49. The number of anilines is 1. The van der Waals surface area contributed by atoms with Crippen LogP contribution < -0.4 is 5.32 Å². The quantitative estimate of drug-likeness (QED) is 0.699. The van der Waals surface area contributed by atoms with Gasteiger partial charge in [-0.3, -0.25) is 4.40 Å². The third-order valence-electron chi connectivity index (χ3n) is 4.24. The number of imidazole rings is 1. The molecule has 0 spiro atoms. The molecule has 0 radical (unpaired) electrons. The van der Waals surface area contributed by atoms with Gasteiger partial charge >= 0.3 is 0 Å². The average Bonchev–Trinajstić information content (AvgIpc) is 3.32. The standard InChI is InChI=1S/C17H21N5O2S/c1-23-11-16-20-14(12-3-6-24-10-12)8-15(21-16)18-4-2-13-9-22-5-7-25-17(22)19-13/h5,7-9,12H,2-4,6,10-11H2,1H3,(H,18,20,21). The van der Waals surface area contributed by atoms with Crippen LogP contribution in [0.25, 0.3) is 4.96 Å². The van der Waals surface area contributed by atoms with E-state index in [2.05, 4.69) is 30.9 Å². The third-order valence-corrected chi connectivity index (χ3v) is 5.01. The van der Waals surface area contributed by atoms with Crippen molar-refractivity contribution in [2.45, 2.75) is 25.4 Å². The van der Waals surface area contributed by atoms with Crippen LogP contribution in [-0.2, 0) is 22.5 Å². The van der Waals surface area contributed by atoms with Crippen LogP contribution >= 0.6 is 11.3 Å². The maximum atomic E-state index is 5.49. The molecule has 7 nitrogen and oxygen atoms in total. The Morgan fingerprint density at radius 1 is 1.40 bits per heavy atom. The Balaban J connectivity index is 1.43. The average molecular weight is 359 g/mol. The molecule has 132 valence electrons. The first-order valence-corrected chi connectivity index (χ1v) is 9.29. The first-order chi connectivity index (χ1) is 12.3. The fraction of sp³-hybridized carbons (Fsp3) is 0.471. The van der Waals surface area contributed by atoms with Gasteiger partial charge in [0.2, 0.25) is 0 Å². The fourth-order valence-corrected chi connectivity index (χ4v) is 3.71. The molecule has 1 atom stereocenters. The number of nitrogens with zero attached hydrogens (tertiary/aromatic N) is 4.